The number of rotatable bonds is 2. The molecule has 0 spiro atoms. The number of nitrogens with one attached hydrogen (secondary N) is 2. The van der Waals surface area contributed by atoms with E-state index < -0.39 is 0 Å². The molecule has 2 N–H and O–H groups in total. The lowest BCUT2D eigenvalue weighted by Crippen LogP contribution is -2.43. The van der Waals surface area contributed by atoms with Gasteiger partial charge in [-0.05, 0) is 39.9 Å². The number of carbonyl (C=O) groups is 1. The van der Waals surface area contributed by atoms with Crippen LogP contribution in [0.5, 0.6) is 0 Å². The van der Waals surface area contributed by atoms with Crippen molar-refractivity contribution in [2.45, 2.75) is 25.8 Å². The van der Waals surface area contributed by atoms with E-state index in [1.54, 1.807) is 6.92 Å². The summed E-state index contributed by atoms with van der Waals surface area (Å²) in [5.74, 6) is 0.712. The van der Waals surface area contributed by atoms with Gasteiger partial charge in [0, 0.05) is 6.04 Å². The van der Waals surface area contributed by atoms with Gasteiger partial charge in [0.15, 0.2) is 0 Å². The predicted octanol–water partition coefficient (Wildman–Crippen LogP) is -0.0629. The highest BCUT2D eigenvalue weighted by molar-refractivity contribution is 5.90. The number of piperidine rings is 1. The number of hydrogen-bond acceptors (Lipinski definition) is 4. The third-order valence-electron chi connectivity index (χ3n) is 2.85. The van der Waals surface area contributed by atoms with Crippen LogP contribution in [0.25, 0.3) is 0 Å². The van der Waals surface area contributed by atoms with E-state index in [1.165, 1.54) is 0 Å². The lowest BCUT2D eigenvalue weighted by Gasteiger charge is -2.29. The third-order valence-corrected chi connectivity index (χ3v) is 2.85. The molecule has 16 heavy (non-hydrogen) atoms. The first-order chi connectivity index (χ1) is 7.65. The Bertz CT molecular complexity index is 367. The molecule has 0 radical (unpaired) electrons. The monoisotopic (exact) mass is 223 g/mol. The Kier molecular flexibility index (Phi) is 3.19. The van der Waals surface area contributed by atoms with Crippen molar-refractivity contribution < 1.29 is 4.79 Å². The van der Waals surface area contributed by atoms with E-state index in [0.29, 0.717) is 5.82 Å². The van der Waals surface area contributed by atoms with Crippen LogP contribution >= 0.6 is 0 Å². The number of amides is 1. The van der Waals surface area contributed by atoms with E-state index >= 15 is 0 Å². The summed E-state index contributed by atoms with van der Waals surface area (Å²) in [6.45, 7) is 3.83. The molecule has 6 nitrogen and oxygen atoms in total. The average Bonchev–Trinajstić information content (AvgIpc) is 2.68. The number of aryl methyl sites for hydroxylation is 1. The van der Waals surface area contributed by atoms with Gasteiger partial charge >= 0.3 is 0 Å². The standard InChI is InChI=1S/C10H17N5O/c1-7-11-9(14-13-7)10(16)12-8-3-5-15(2)6-4-8/h8H,3-6H2,1-2H3,(H,12,16)(H,11,13,14). The molecule has 2 rings (SSSR count). The highest BCUT2D eigenvalue weighted by atomic mass is 16.2. The fourth-order valence-corrected chi connectivity index (χ4v) is 1.85. The minimum absolute atomic E-state index is 0.182. The number of aromatic nitrogens is 3. The van der Waals surface area contributed by atoms with Gasteiger partial charge in [0.2, 0.25) is 5.82 Å². The molecule has 0 atom stereocenters. The second-order valence-electron chi connectivity index (χ2n) is 4.30. The number of nitrogens with zero attached hydrogens (tertiary/aromatic N) is 3. The van der Waals surface area contributed by atoms with Gasteiger partial charge in [-0.1, -0.05) is 0 Å². The minimum atomic E-state index is -0.182. The Balaban J connectivity index is 1.88. The van der Waals surface area contributed by atoms with Crippen molar-refractivity contribution in [2.24, 2.45) is 0 Å². The summed E-state index contributed by atoms with van der Waals surface area (Å²) in [6, 6.07) is 0.252. The Morgan fingerprint density at radius 2 is 2.19 bits per heavy atom. The molecule has 1 aliphatic heterocycles. The first-order valence-corrected chi connectivity index (χ1v) is 5.53. The lowest BCUT2D eigenvalue weighted by atomic mass is 10.1. The normalized spacial score (nSPS) is 18.6. The Labute approximate surface area is 94.4 Å². The predicted molar refractivity (Wildman–Crippen MR) is 59.1 cm³/mol. The maximum absolute atomic E-state index is 11.7. The summed E-state index contributed by atoms with van der Waals surface area (Å²) in [6.07, 6.45) is 1.98. The molecule has 0 saturated carbocycles. The summed E-state index contributed by atoms with van der Waals surface area (Å²) in [5, 5.41) is 9.46. The van der Waals surface area contributed by atoms with E-state index in [0.717, 1.165) is 25.9 Å². The van der Waals surface area contributed by atoms with Gasteiger partial charge in [0.25, 0.3) is 5.91 Å². The Hall–Kier alpha value is -1.43. The van der Waals surface area contributed by atoms with Crippen LogP contribution in [-0.2, 0) is 0 Å². The molecule has 1 amide bonds. The van der Waals surface area contributed by atoms with Crippen molar-refractivity contribution in [3.8, 4) is 0 Å². The molecule has 1 aromatic heterocycles. The fourth-order valence-electron chi connectivity index (χ4n) is 1.85. The second-order valence-corrected chi connectivity index (χ2v) is 4.30. The quantitative estimate of drug-likeness (QED) is 0.736. The van der Waals surface area contributed by atoms with Gasteiger partial charge < -0.3 is 10.2 Å². The summed E-state index contributed by atoms with van der Waals surface area (Å²) in [4.78, 5) is 18.0. The third kappa shape index (κ3) is 2.57. The van der Waals surface area contributed by atoms with E-state index in [4.69, 9.17) is 0 Å². The van der Waals surface area contributed by atoms with Crippen molar-refractivity contribution in [3.63, 3.8) is 0 Å². The number of carbonyl (C=O) groups excluding carboxylic acids is 1. The zero-order valence-electron chi connectivity index (χ0n) is 9.66. The summed E-state index contributed by atoms with van der Waals surface area (Å²) >= 11 is 0. The van der Waals surface area contributed by atoms with E-state index in [-0.39, 0.29) is 17.8 Å². The van der Waals surface area contributed by atoms with Crippen molar-refractivity contribution in [2.75, 3.05) is 20.1 Å². The van der Waals surface area contributed by atoms with Crippen molar-refractivity contribution in [1.82, 2.24) is 25.4 Å². The largest absolute Gasteiger partial charge is 0.346 e. The lowest BCUT2D eigenvalue weighted by molar-refractivity contribution is 0.0906. The molecule has 88 valence electrons. The summed E-state index contributed by atoms with van der Waals surface area (Å²) < 4.78 is 0. The van der Waals surface area contributed by atoms with Crippen LogP contribution in [0.2, 0.25) is 0 Å². The molecule has 1 aromatic rings. The van der Waals surface area contributed by atoms with E-state index in [2.05, 4.69) is 32.4 Å². The molecule has 1 aliphatic rings. The number of H-pyrrole nitrogens is 1. The van der Waals surface area contributed by atoms with E-state index in [9.17, 15) is 4.79 Å². The van der Waals surface area contributed by atoms with Crippen LogP contribution in [0.4, 0.5) is 0 Å². The maximum atomic E-state index is 11.7. The molecule has 2 heterocycles. The molecule has 0 aromatic carbocycles. The molecular formula is C10H17N5O. The first-order valence-electron chi connectivity index (χ1n) is 5.53. The fraction of sp³-hybridized carbons (Fsp3) is 0.700. The smallest absolute Gasteiger partial charge is 0.291 e. The van der Waals surface area contributed by atoms with Crippen LogP contribution in [0.1, 0.15) is 29.3 Å². The van der Waals surface area contributed by atoms with Crippen LogP contribution in [0.3, 0.4) is 0 Å². The molecule has 0 bridgehead atoms. The first kappa shape index (κ1) is 11.1. The highest BCUT2D eigenvalue weighted by Gasteiger charge is 2.20. The molecule has 1 saturated heterocycles. The number of hydrogen-bond donors (Lipinski definition) is 2. The Morgan fingerprint density at radius 3 is 2.75 bits per heavy atom. The van der Waals surface area contributed by atoms with Crippen LogP contribution in [0, 0.1) is 6.92 Å². The highest BCUT2D eigenvalue weighted by Crippen LogP contribution is 2.08. The number of aromatic amines is 1. The summed E-state index contributed by atoms with van der Waals surface area (Å²) in [7, 11) is 2.09. The molecular weight excluding hydrogens is 206 g/mol. The SMILES string of the molecule is Cc1nc(C(=O)NC2CCN(C)CC2)n[nH]1. The van der Waals surface area contributed by atoms with Crippen molar-refractivity contribution in [1.29, 1.82) is 0 Å². The van der Waals surface area contributed by atoms with Gasteiger partial charge in [-0.15, -0.1) is 5.10 Å². The maximum Gasteiger partial charge on any atom is 0.291 e. The zero-order valence-corrected chi connectivity index (χ0v) is 9.66. The minimum Gasteiger partial charge on any atom is -0.346 e. The van der Waals surface area contributed by atoms with Gasteiger partial charge in [0.05, 0.1) is 0 Å². The molecule has 1 fully saturated rings. The average molecular weight is 223 g/mol. The Morgan fingerprint density at radius 1 is 1.50 bits per heavy atom. The van der Waals surface area contributed by atoms with Crippen molar-refractivity contribution in [3.05, 3.63) is 11.6 Å². The van der Waals surface area contributed by atoms with Gasteiger partial charge in [0.1, 0.15) is 5.82 Å². The van der Waals surface area contributed by atoms with Gasteiger partial charge in [-0.3, -0.25) is 9.89 Å². The van der Waals surface area contributed by atoms with Crippen LogP contribution in [-0.4, -0.2) is 52.2 Å². The van der Waals surface area contributed by atoms with Gasteiger partial charge in [-0.25, -0.2) is 4.98 Å². The molecule has 6 heteroatoms. The van der Waals surface area contributed by atoms with Crippen molar-refractivity contribution >= 4 is 5.91 Å². The van der Waals surface area contributed by atoms with Gasteiger partial charge in [-0.2, -0.15) is 0 Å². The second kappa shape index (κ2) is 4.61. The van der Waals surface area contributed by atoms with Crippen LogP contribution in [0.15, 0.2) is 0 Å². The molecule has 0 aliphatic carbocycles. The summed E-state index contributed by atoms with van der Waals surface area (Å²) in [5.41, 5.74) is 0. The van der Waals surface area contributed by atoms with Crippen LogP contribution < -0.4 is 5.32 Å². The zero-order chi connectivity index (χ0) is 11.5. The molecule has 0 unspecified atom stereocenters. The topological polar surface area (TPSA) is 73.9 Å². The number of likely N-dealkylation sites (tertiary alicyclic amines) is 1. The van der Waals surface area contributed by atoms with E-state index in [1.807, 2.05) is 0 Å².